The molecule has 0 aromatic heterocycles. The van der Waals surface area contributed by atoms with Crippen LogP contribution in [0.15, 0.2) is 48.5 Å². The van der Waals surface area contributed by atoms with Crippen LogP contribution in [0.5, 0.6) is 17.2 Å². The lowest BCUT2D eigenvalue weighted by atomic mass is 10.2. The van der Waals surface area contributed by atoms with Crippen LogP contribution in [-0.4, -0.2) is 25.7 Å². The van der Waals surface area contributed by atoms with Gasteiger partial charge in [0.05, 0.1) is 13.2 Å². The topological polar surface area (TPSA) is 56.8 Å². The van der Waals surface area contributed by atoms with Gasteiger partial charge in [0.15, 0.2) is 6.61 Å². The number of hydrogen-bond acceptors (Lipinski definition) is 4. The lowest BCUT2D eigenvalue weighted by Crippen LogP contribution is -2.20. The number of anilines is 1. The van der Waals surface area contributed by atoms with Crippen molar-refractivity contribution in [3.63, 3.8) is 0 Å². The quantitative estimate of drug-likeness (QED) is 0.743. The van der Waals surface area contributed by atoms with Crippen molar-refractivity contribution in [2.75, 3.05) is 25.1 Å². The minimum Gasteiger partial charge on any atom is -0.494 e. The molecule has 0 aliphatic heterocycles. The Hall–Kier alpha value is -2.69. The van der Waals surface area contributed by atoms with Crippen LogP contribution in [-0.2, 0) is 4.79 Å². The molecule has 2 aromatic rings. The third-order valence-electron chi connectivity index (χ3n) is 3.21. The Bertz CT molecular complexity index is 668. The number of rotatable bonds is 9. The Morgan fingerprint density at radius 3 is 2.28 bits per heavy atom. The first-order valence-electron chi connectivity index (χ1n) is 8.45. The number of hydrogen-bond donors (Lipinski definition) is 1. The Balaban J connectivity index is 1.82. The van der Waals surface area contributed by atoms with E-state index in [0.717, 1.165) is 11.5 Å². The van der Waals surface area contributed by atoms with Gasteiger partial charge in [-0.3, -0.25) is 4.79 Å². The highest BCUT2D eigenvalue weighted by atomic mass is 16.5. The van der Waals surface area contributed by atoms with E-state index in [0.29, 0.717) is 30.6 Å². The van der Waals surface area contributed by atoms with Crippen LogP contribution in [0.4, 0.5) is 5.69 Å². The average molecular weight is 343 g/mol. The lowest BCUT2D eigenvalue weighted by molar-refractivity contribution is -0.118. The smallest absolute Gasteiger partial charge is 0.262 e. The van der Waals surface area contributed by atoms with Gasteiger partial charge in [-0.25, -0.2) is 0 Å². The Morgan fingerprint density at radius 2 is 1.64 bits per heavy atom. The molecule has 25 heavy (non-hydrogen) atoms. The highest BCUT2D eigenvalue weighted by Crippen LogP contribution is 2.20. The Kier molecular flexibility index (Phi) is 7.14. The molecule has 5 nitrogen and oxygen atoms in total. The summed E-state index contributed by atoms with van der Waals surface area (Å²) in [5.41, 5.74) is 0.700. The van der Waals surface area contributed by atoms with E-state index in [4.69, 9.17) is 14.2 Å². The van der Waals surface area contributed by atoms with Crippen LogP contribution in [0.2, 0.25) is 0 Å². The number of carbonyl (C=O) groups is 1. The van der Waals surface area contributed by atoms with Crippen molar-refractivity contribution < 1.29 is 19.0 Å². The van der Waals surface area contributed by atoms with Gasteiger partial charge in [-0.15, -0.1) is 0 Å². The van der Waals surface area contributed by atoms with Crippen molar-refractivity contribution in [1.82, 2.24) is 0 Å². The lowest BCUT2D eigenvalue weighted by Gasteiger charge is -2.11. The highest BCUT2D eigenvalue weighted by molar-refractivity contribution is 5.91. The largest absolute Gasteiger partial charge is 0.494 e. The van der Waals surface area contributed by atoms with Crippen LogP contribution < -0.4 is 19.5 Å². The molecule has 0 fully saturated rings. The second-order valence-electron chi connectivity index (χ2n) is 5.97. The number of amides is 1. The van der Waals surface area contributed by atoms with E-state index in [1.54, 1.807) is 24.3 Å². The fraction of sp³-hybridized carbons (Fsp3) is 0.350. The highest BCUT2D eigenvalue weighted by Gasteiger charge is 2.05. The first kappa shape index (κ1) is 18.6. The molecule has 1 N–H and O–H groups in total. The normalized spacial score (nSPS) is 10.4. The van der Waals surface area contributed by atoms with E-state index in [1.807, 2.05) is 31.2 Å². The maximum Gasteiger partial charge on any atom is 0.262 e. The maximum absolute atomic E-state index is 12.0. The van der Waals surface area contributed by atoms with Crippen molar-refractivity contribution in [2.45, 2.75) is 20.8 Å². The predicted octanol–water partition coefficient (Wildman–Crippen LogP) is 4.14. The van der Waals surface area contributed by atoms with Crippen LogP contribution in [0.1, 0.15) is 20.8 Å². The van der Waals surface area contributed by atoms with E-state index >= 15 is 0 Å². The average Bonchev–Trinajstić information content (AvgIpc) is 2.60. The zero-order chi connectivity index (χ0) is 18.1. The van der Waals surface area contributed by atoms with Gasteiger partial charge in [0.25, 0.3) is 5.91 Å². The molecule has 134 valence electrons. The fourth-order valence-electron chi connectivity index (χ4n) is 2.06. The summed E-state index contributed by atoms with van der Waals surface area (Å²) in [6.07, 6.45) is 0. The Morgan fingerprint density at radius 1 is 0.960 bits per heavy atom. The first-order chi connectivity index (χ1) is 12.1. The van der Waals surface area contributed by atoms with Gasteiger partial charge in [0.2, 0.25) is 0 Å². The monoisotopic (exact) mass is 343 g/mol. The molecule has 0 aliphatic carbocycles. The minimum atomic E-state index is -0.224. The molecule has 2 rings (SSSR count). The SMILES string of the molecule is CCOc1ccc(NC(=O)COc2cccc(OCC(C)C)c2)cc1. The Labute approximate surface area is 148 Å². The molecule has 0 heterocycles. The zero-order valence-electron chi connectivity index (χ0n) is 15.0. The third kappa shape index (κ3) is 6.75. The minimum absolute atomic E-state index is 0.0686. The second kappa shape index (κ2) is 9.57. The van der Waals surface area contributed by atoms with Gasteiger partial charge in [-0.05, 0) is 49.2 Å². The van der Waals surface area contributed by atoms with Crippen molar-refractivity contribution in [1.29, 1.82) is 0 Å². The molecule has 0 atom stereocenters. The molecular formula is C20H25NO4. The maximum atomic E-state index is 12.0. The van der Waals surface area contributed by atoms with Crippen molar-refractivity contribution in [2.24, 2.45) is 5.92 Å². The number of carbonyl (C=O) groups excluding carboxylic acids is 1. The summed E-state index contributed by atoms with van der Waals surface area (Å²) in [4.78, 5) is 12.0. The molecule has 0 radical (unpaired) electrons. The van der Waals surface area contributed by atoms with Crippen molar-refractivity contribution >= 4 is 11.6 Å². The van der Waals surface area contributed by atoms with Crippen molar-refractivity contribution in [3.05, 3.63) is 48.5 Å². The summed E-state index contributed by atoms with van der Waals surface area (Å²) in [6, 6.07) is 14.5. The summed E-state index contributed by atoms with van der Waals surface area (Å²) in [7, 11) is 0. The number of nitrogens with one attached hydrogen (secondary N) is 1. The van der Waals surface area contributed by atoms with Gasteiger partial charge in [0.1, 0.15) is 17.2 Å². The molecule has 0 bridgehead atoms. The van der Waals surface area contributed by atoms with Crippen LogP contribution in [0, 0.1) is 5.92 Å². The molecule has 5 heteroatoms. The van der Waals surface area contributed by atoms with Gasteiger partial charge < -0.3 is 19.5 Å². The van der Waals surface area contributed by atoms with Crippen LogP contribution >= 0.6 is 0 Å². The standard InChI is InChI=1S/C20H25NO4/c1-4-23-17-10-8-16(9-11-17)21-20(22)14-25-19-7-5-6-18(12-19)24-13-15(2)3/h5-12,15H,4,13-14H2,1-3H3,(H,21,22). The third-order valence-corrected chi connectivity index (χ3v) is 3.21. The molecule has 0 unspecified atom stereocenters. The second-order valence-corrected chi connectivity index (χ2v) is 5.97. The van der Waals surface area contributed by atoms with E-state index in [2.05, 4.69) is 19.2 Å². The summed E-state index contributed by atoms with van der Waals surface area (Å²) in [6.45, 7) is 7.29. The van der Waals surface area contributed by atoms with Crippen LogP contribution in [0.3, 0.4) is 0 Å². The summed E-state index contributed by atoms with van der Waals surface area (Å²) >= 11 is 0. The zero-order valence-corrected chi connectivity index (χ0v) is 15.0. The molecule has 2 aromatic carbocycles. The van der Waals surface area contributed by atoms with Crippen LogP contribution in [0.25, 0.3) is 0 Å². The van der Waals surface area contributed by atoms with Crippen molar-refractivity contribution in [3.8, 4) is 17.2 Å². The summed E-state index contributed by atoms with van der Waals surface area (Å²) in [5.74, 6) is 2.33. The van der Waals surface area contributed by atoms with Gasteiger partial charge >= 0.3 is 0 Å². The van der Waals surface area contributed by atoms with E-state index in [-0.39, 0.29) is 12.5 Å². The molecule has 0 aliphatic rings. The van der Waals surface area contributed by atoms with Gasteiger partial charge in [0, 0.05) is 11.8 Å². The summed E-state index contributed by atoms with van der Waals surface area (Å²) < 4.78 is 16.5. The predicted molar refractivity (Wildman–Crippen MR) is 98.5 cm³/mol. The van der Waals surface area contributed by atoms with E-state index in [9.17, 15) is 4.79 Å². The van der Waals surface area contributed by atoms with Gasteiger partial charge in [-0.1, -0.05) is 19.9 Å². The van der Waals surface area contributed by atoms with E-state index < -0.39 is 0 Å². The first-order valence-corrected chi connectivity index (χ1v) is 8.45. The molecule has 0 saturated carbocycles. The van der Waals surface area contributed by atoms with E-state index in [1.165, 1.54) is 0 Å². The number of benzene rings is 2. The molecule has 0 saturated heterocycles. The fourth-order valence-corrected chi connectivity index (χ4v) is 2.06. The summed E-state index contributed by atoms with van der Waals surface area (Å²) in [5, 5.41) is 2.79. The molecule has 0 spiro atoms. The molecule has 1 amide bonds. The number of ether oxygens (including phenoxy) is 3. The van der Waals surface area contributed by atoms with Gasteiger partial charge in [-0.2, -0.15) is 0 Å². The molecular weight excluding hydrogens is 318 g/mol.